The highest BCUT2D eigenvalue weighted by Crippen LogP contribution is 2.27. The van der Waals surface area contributed by atoms with Gasteiger partial charge in [0.25, 0.3) is 10.2 Å². The summed E-state index contributed by atoms with van der Waals surface area (Å²) in [6.45, 7) is 0.304. The molecule has 5 nitrogen and oxygen atoms in total. The molecule has 0 radical (unpaired) electrons. The van der Waals surface area contributed by atoms with Gasteiger partial charge in [0, 0.05) is 18.9 Å². The maximum absolute atomic E-state index is 11.3. The third kappa shape index (κ3) is 2.07. The van der Waals surface area contributed by atoms with Crippen molar-refractivity contribution in [1.29, 1.82) is 0 Å². The van der Waals surface area contributed by atoms with Gasteiger partial charge in [0.15, 0.2) is 0 Å². The molecule has 0 saturated heterocycles. The van der Waals surface area contributed by atoms with Gasteiger partial charge in [0.1, 0.15) is 0 Å². The number of rotatable bonds is 1. The number of pyridine rings is 1. The van der Waals surface area contributed by atoms with E-state index in [1.807, 2.05) is 24.3 Å². The number of nitrogens with zero attached hydrogens (tertiary/aromatic N) is 1. The number of aromatic nitrogens is 1. The van der Waals surface area contributed by atoms with Gasteiger partial charge in [-0.05, 0) is 34.9 Å². The molecule has 2 heterocycles. The average Bonchev–Trinajstić information content (AvgIpc) is 2.38. The van der Waals surface area contributed by atoms with Gasteiger partial charge >= 0.3 is 0 Å². The van der Waals surface area contributed by atoms with Crippen molar-refractivity contribution in [2.75, 3.05) is 4.72 Å². The molecule has 0 saturated carbocycles. The molecule has 1 aromatic heterocycles. The van der Waals surface area contributed by atoms with Crippen LogP contribution in [0.25, 0.3) is 11.1 Å². The van der Waals surface area contributed by atoms with E-state index in [0.717, 1.165) is 16.7 Å². The summed E-state index contributed by atoms with van der Waals surface area (Å²) in [6, 6.07) is 9.45. The highest BCUT2D eigenvalue weighted by molar-refractivity contribution is 7.90. The van der Waals surface area contributed by atoms with E-state index in [9.17, 15) is 8.42 Å². The molecule has 2 aromatic rings. The second kappa shape index (κ2) is 4.08. The molecule has 3 rings (SSSR count). The van der Waals surface area contributed by atoms with Crippen LogP contribution in [0, 0.1) is 0 Å². The molecule has 0 amide bonds. The van der Waals surface area contributed by atoms with Gasteiger partial charge in [0.2, 0.25) is 0 Å². The summed E-state index contributed by atoms with van der Waals surface area (Å²) in [4.78, 5) is 4.07. The van der Waals surface area contributed by atoms with Gasteiger partial charge < -0.3 is 0 Å². The molecule has 1 aliphatic rings. The van der Waals surface area contributed by atoms with Crippen molar-refractivity contribution in [3.8, 4) is 11.1 Å². The van der Waals surface area contributed by atoms with Gasteiger partial charge in [0.05, 0.1) is 5.69 Å². The summed E-state index contributed by atoms with van der Waals surface area (Å²) in [5, 5.41) is 0. The van der Waals surface area contributed by atoms with E-state index in [2.05, 4.69) is 14.4 Å². The molecular weight excluding hydrogens is 250 g/mol. The minimum absolute atomic E-state index is 0.304. The number of benzene rings is 1. The standard InChI is InChI=1S/C12H11N3O2S/c16-18(17)14-8-11-6-9(3-4-12(11)15-18)10-2-1-5-13-7-10/h1-7,14-15H,8H2. The maximum atomic E-state index is 11.3. The van der Waals surface area contributed by atoms with Crippen LogP contribution in [0.2, 0.25) is 0 Å². The lowest BCUT2D eigenvalue weighted by molar-refractivity contribution is 0.584. The van der Waals surface area contributed by atoms with Crippen molar-refractivity contribution in [2.24, 2.45) is 0 Å². The molecule has 18 heavy (non-hydrogen) atoms. The van der Waals surface area contributed by atoms with Crippen molar-refractivity contribution in [1.82, 2.24) is 9.71 Å². The summed E-state index contributed by atoms with van der Waals surface area (Å²) in [7, 11) is -3.39. The highest BCUT2D eigenvalue weighted by Gasteiger charge is 2.19. The van der Waals surface area contributed by atoms with Gasteiger partial charge in [-0.15, -0.1) is 0 Å². The first kappa shape index (κ1) is 11.2. The van der Waals surface area contributed by atoms with Crippen LogP contribution in [0.5, 0.6) is 0 Å². The Bertz CT molecular complexity index is 684. The Kier molecular flexibility index (Phi) is 2.53. The van der Waals surface area contributed by atoms with Crippen LogP contribution < -0.4 is 9.44 Å². The van der Waals surface area contributed by atoms with Gasteiger partial charge in [-0.3, -0.25) is 9.71 Å². The van der Waals surface area contributed by atoms with E-state index in [-0.39, 0.29) is 0 Å². The smallest absolute Gasteiger partial charge is 0.271 e. The van der Waals surface area contributed by atoms with Crippen LogP contribution in [0.4, 0.5) is 5.69 Å². The molecule has 6 heteroatoms. The minimum atomic E-state index is -3.39. The predicted octanol–water partition coefficient (Wildman–Crippen LogP) is 1.51. The van der Waals surface area contributed by atoms with Crippen molar-refractivity contribution >= 4 is 15.9 Å². The highest BCUT2D eigenvalue weighted by atomic mass is 32.2. The van der Waals surface area contributed by atoms with E-state index in [4.69, 9.17) is 0 Å². The zero-order valence-electron chi connectivity index (χ0n) is 9.42. The van der Waals surface area contributed by atoms with E-state index in [1.54, 1.807) is 18.5 Å². The molecular formula is C12H11N3O2S. The van der Waals surface area contributed by atoms with Crippen LogP contribution in [0.3, 0.4) is 0 Å². The molecule has 0 atom stereocenters. The summed E-state index contributed by atoms with van der Waals surface area (Å²) in [5.74, 6) is 0. The van der Waals surface area contributed by atoms with Crippen molar-refractivity contribution in [2.45, 2.75) is 6.54 Å². The average molecular weight is 261 g/mol. The van der Waals surface area contributed by atoms with Gasteiger partial charge in [-0.1, -0.05) is 12.1 Å². The molecule has 0 aliphatic carbocycles. The van der Waals surface area contributed by atoms with Crippen molar-refractivity contribution in [3.63, 3.8) is 0 Å². The first-order chi connectivity index (χ1) is 8.64. The third-order valence-corrected chi connectivity index (χ3v) is 3.81. The molecule has 0 bridgehead atoms. The molecule has 0 spiro atoms. The fourth-order valence-electron chi connectivity index (χ4n) is 1.91. The summed E-state index contributed by atoms with van der Waals surface area (Å²) < 4.78 is 27.6. The number of nitrogens with one attached hydrogen (secondary N) is 2. The molecule has 0 unspecified atom stereocenters. The lowest BCUT2D eigenvalue weighted by Crippen LogP contribution is -2.34. The SMILES string of the molecule is O=S1(=O)NCc2cc(-c3cccnc3)ccc2N1. The lowest BCUT2D eigenvalue weighted by atomic mass is 10.0. The fourth-order valence-corrected chi connectivity index (χ4v) is 2.81. The lowest BCUT2D eigenvalue weighted by Gasteiger charge is -2.19. The van der Waals surface area contributed by atoms with E-state index < -0.39 is 10.2 Å². The zero-order chi connectivity index (χ0) is 12.6. The van der Waals surface area contributed by atoms with E-state index in [0.29, 0.717) is 12.2 Å². The van der Waals surface area contributed by atoms with E-state index >= 15 is 0 Å². The van der Waals surface area contributed by atoms with Crippen LogP contribution in [0.1, 0.15) is 5.56 Å². The Labute approximate surface area is 105 Å². The number of anilines is 1. The minimum Gasteiger partial charge on any atom is -0.271 e. The van der Waals surface area contributed by atoms with Gasteiger partial charge in [-0.25, -0.2) is 0 Å². The normalized spacial score (nSPS) is 16.7. The first-order valence-electron chi connectivity index (χ1n) is 5.45. The summed E-state index contributed by atoms with van der Waals surface area (Å²) in [6.07, 6.45) is 3.50. The number of fused-ring (bicyclic) bond motifs is 1. The molecule has 1 aromatic carbocycles. The zero-order valence-corrected chi connectivity index (χ0v) is 10.2. The fraction of sp³-hybridized carbons (Fsp3) is 0.0833. The summed E-state index contributed by atoms with van der Waals surface area (Å²) in [5.41, 5.74) is 3.58. The number of hydrogen-bond acceptors (Lipinski definition) is 3. The number of hydrogen-bond donors (Lipinski definition) is 2. The topological polar surface area (TPSA) is 71.1 Å². The Hall–Kier alpha value is -1.92. The Morgan fingerprint density at radius 2 is 2.06 bits per heavy atom. The Balaban J connectivity index is 2.03. The van der Waals surface area contributed by atoms with E-state index in [1.165, 1.54) is 0 Å². The monoisotopic (exact) mass is 261 g/mol. The molecule has 1 aliphatic heterocycles. The van der Waals surface area contributed by atoms with Crippen LogP contribution in [-0.4, -0.2) is 13.4 Å². The second-order valence-corrected chi connectivity index (χ2v) is 5.54. The predicted molar refractivity (Wildman–Crippen MR) is 69.1 cm³/mol. The molecule has 92 valence electrons. The summed E-state index contributed by atoms with van der Waals surface area (Å²) >= 11 is 0. The maximum Gasteiger partial charge on any atom is 0.299 e. The Morgan fingerprint density at radius 3 is 2.83 bits per heavy atom. The third-order valence-electron chi connectivity index (χ3n) is 2.80. The largest absolute Gasteiger partial charge is 0.299 e. The van der Waals surface area contributed by atoms with Crippen LogP contribution in [0.15, 0.2) is 42.7 Å². The first-order valence-corrected chi connectivity index (χ1v) is 6.93. The van der Waals surface area contributed by atoms with Crippen molar-refractivity contribution < 1.29 is 8.42 Å². The molecule has 2 N–H and O–H groups in total. The van der Waals surface area contributed by atoms with Crippen LogP contribution >= 0.6 is 0 Å². The second-order valence-electron chi connectivity index (χ2n) is 4.04. The van der Waals surface area contributed by atoms with Crippen molar-refractivity contribution in [3.05, 3.63) is 48.3 Å². The quantitative estimate of drug-likeness (QED) is 0.817. The van der Waals surface area contributed by atoms with Crippen LogP contribution in [-0.2, 0) is 16.8 Å². The Morgan fingerprint density at radius 1 is 1.17 bits per heavy atom. The van der Waals surface area contributed by atoms with Gasteiger partial charge in [-0.2, -0.15) is 13.1 Å². The molecule has 0 fully saturated rings.